The summed E-state index contributed by atoms with van der Waals surface area (Å²) in [5, 5.41) is 2.78. The molecule has 1 heterocycles. The maximum Gasteiger partial charge on any atom is 0.234 e. The van der Waals surface area contributed by atoms with Crippen molar-refractivity contribution in [2.45, 2.75) is 12.5 Å². The van der Waals surface area contributed by atoms with E-state index in [4.69, 9.17) is 18.0 Å². The van der Waals surface area contributed by atoms with Gasteiger partial charge >= 0.3 is 0 Å². The van der Waals surface area contributed by atoms with E-state index in [0.29, 0.717) is 6.54 Å². The van der Waals surface area contributed by atoms with E-state index in [9.17, 15) is 4.79 Å². The molecule has 0 aliphatic rings. The summed E-state index contributed by atoms with van der Waals surface area (Å²) in [4.78, 5) is 20.2. The second-order valence-corrected chi connectivity index (χ2v) is 4.64. The monoisotopic (exact) mass is 286 g/mol. The Morgan fingerprint density at radius 1 is 1.30 bits per heavy atom. The first-order valence-electron chi connectivity index (χ1n) is 6.05. The Morgan fingerprint density at radius 2 is 2.05 bits per heavy atom. The molecule has 6 heteroatoms. The number of aromatic nitrogens is 2. The minimum absolute atomic E-state index is 0.149. The molecule has 3 N–H and O–H groups in total. The van der Waals surface area contributed by atoms with E-state index in [-0.39, 0.29) is 10.9 Å². The van der Waals surface area contributed by atoms with Gasteiger partial charge in [0.2, 0.25) is 5.91 Å². The molecule has 0 saturated heterocycles. The van der Waals surface area contributed by atoms with Crippen LogP contribution in [0.15, 0.2) is 48.9 Å². The maximum atomic E-state index is 12.2. The zero-order chi connectivity index (χ0) is 14.4. The molecule has 20 heavy (non-hydrogen) atoms. The first kappa shape index (κ1) is 14.1. The van der Waals surface area contributed by atoms with Gasteiger partial charge in [0, 0.05) is 6.20 Å². The van der Waals surface area contributed by atoms with Crippen LogP contribution in [0.25, 0.3) is 0 Å². The van der Waals surface area contributed by atoms with Crippen molar-refractivity contribution < 1.29 is 4.79 Å². The van der Waals surface area contributed by atoms with E-state index >= 15 is 0 Å². The van der Waals surface area contributed by atoms with Crippen LogP contribution in [0.5, 0.6) is 0 Å². The highest BCUT2D eigenvalue weighted by molar-refractivity contribution is 7.80. The summed E-state index contributed by atoms with van der Waals surface area (Å²) in [6, 6.07) is 11.0. The Labute approximate surface area is 122 Å². The van der Waals surface area contributed by atoms with Crippen LogP contribution in [0.2, 0.25) is 0 Å². The van der Waals surface area contributed by atoms with Crippen LogP contribution in [-0.4, -0.2) is 20.9 Å². The molecular formula is C14H14N4OS. The number of carbonyl (C=O) groups is 1. The number of nitrogens with two attached hydrogens (primary N) is 1. The molecule has 1 aromatic carbocycles. The smallest absolute Gasteiger partial charge is 0.234 e. The summed E-state index contributed by atoms with van der Waals surface area (Å²) in [5.41, 5.74) is 7.19. The topological polar surface area (TPSA) is 80.9 Å². The zero-order valence-corrected chi connectivity index (χ0v) is 11.5. The van der Waals surface area contributed by atoms with Gasteiger partial charge in [-0.1, -0.05) is 42.5 Å². The van der Waals surface area contributed by atoms with Crippen LogP contribution in [0.4, 0.5) is 0 Å². The van der Waals surface area contributed by atoms with Gasteiger partial charge in [-0.25, -0.2) is 9.97 Å². The van der Waals surface area contributed by atoms with Crippen molar-refractivity contribution in [3.8, 4) is 0 Å². The lowest BCUT2D eigenvalue weighted by atomic mass is 9.98. The van der Waals surface area contributed by atoms with Crippen molar-refractivity contribution in [2.24, 2.45) is 5.73 Å². The fraction of sp³-hybridized carbons (Fsp3) is 0.143. The van der Waals surface area contributed by atoms with Gasteiger partial charge in [-0.2, -0.15) is 0 Å². The summed E-state index contributed by atoms with van der Waals surface area (Å²) in [6.07, 6.45) is 3.06. The lowest BCUT2D eigenvalue weighted by molar-refractivity contribution is -0.121. The Morgan fingerprint density at radius 3 is 2.65 bits per heavy atom. The van der Waals surface area contributed by atoms with Crippen molar-refractivity contribution in [1.29, 1.82) is 0 Å². The minimum Gasteiger partial charge on any atom is -0.392 e. The van der Waals surface area contributed by atoms with Gasteiger partial charge in [0.05, 0.1) is 17.2 Å². The maximum absolute atomic E-state index is 12.2. The predicted octanol–water partition coefficient (Wildman–Crippen LogP) is 1.16. The standard InChI is InChI=1S/C14H14N4OS/c15-13(20)12(10-4-2-1-3-5-10)14(19)17-8-11-6-7-16-9-18-11/h1-7,9,12H,8H2,(H2,15,20)(H,17,19). The molecule has 1 atom stereocenters. The molecule has 1 aromatic heterocycles. The van der Waals surface area contributed by atoms with Crippen molar-refractivity contribution >= 4 is 23.1 Å². The highest BCUT2D eigenvalue weighted by Crippen LogP contribution is 2.16. The molecule has 0 aliphatic heterocycles. The lowest BCUT2D eigenvalue weighted by Crippen LogP contribution is -2.36. The second-order valence-electron chi connectivity index (χ2n) is 4.16. The van der Waals surface area contributed by atoms with E-state index in [1.54, 1.807) is 12.3 Å². The van der Waals surface area contributed by atoms with Crippen LogP contribution < -0.4 is 11.1 Å². The number of nitrogens with one attached hydrogen (secondary N) is 1. The first-order valence-corrected chi connectivity index (χ1v) is 6.46. The molecule has 5 nitrogen and oxygen atoms in total. The molecule has 102 valence electrons. The fourth-order valence-corrected chi connectivity index (χ4v) is 2.04. The molecule has 1 amide bonds. The van der Waals surface area contributed by atoms with Crippen LogP contribution in [0.1, 0.15) is 17.2 Å². The van der Waals surface area contributed by atoms with Crippen molar-refractivity contribution in [3.05, 3.63) is 60.2 Å². The van der Waals surface area contributed by atoms with Gasteiger partial charge in [0.15, 0.2) is 0 Å². The Balaban J connectivity index is 2.07. The first-order chi connectivity index (χ1) is 9.68. The molecule has 0 bridgehead atoms. The normalized spacial score (nSPS) is 11.6. The summed E-state index contributed by atoms with van der Waals surface area (Å²) < 4.78 is 0. The van der Waals surface area contributed by atoms with Crippen LogP contribution in [0, 0.1) is 0 Å². The highest BCUT2D eigenvalue weighted by atomic mass is 32.1. The third-order valence-electron chi connectivity index (χ3n) is 2.77. The summed E-state index contributed by atoms with van der Waals surface area (Å²) in [6.45, 7) is 0.313. The molecule has 0 spiro atoms. The number of carbonyl (C=O) groups excluding carboxylic acids is 1. The molecule has 0 aliphatic carbocycles. The molecule has 0 saturated carbocycles. The van der Waals surface area contributed by atoms with Gasteiger partial charge in [-0.15, -0.1) is 0 Å². The lowest BCUT2D eigenvalue weighted by Gasteiger charge is -2.15. The number of rotatable bonds is 5. The van der Waals surface area contributed by atoms with Crippen LogP contribution in [-0.2, 0) is 11.3 Å². The van der Waals surface area contributed by atoms with Crippen molar-refractivity contribution in [3.63, 3.8) is 0 Å². The van der Waals surface area contributed by atoms with Gasteiger partial charge in [-0.05, 0) is 11.6 Å². The predicted molar refractivity (Wildman–Crippen MR) is 79.8 cm³/mol. The molecule has 2 aromatic rings. The quantitative estimate of drug-likeness (QED) is 0.806. The summed E-state index contributed by atoms with van der Waals surface area (Å²) >= 11 is 5.00. The van der Waals surface area contributed by atoms with Gasteiger partial charge in [0.25, 0.3) is 0 Å². The van der Waals surface area contributed by atoms with Crippen LogP contribution in [0.3, 0.4) is 0 Å². The van der Waals surface area contributed by atoms with E-state index in [0.717, 1.165) is 11.3 Å². The largest absolute Gasteiger partial charge is 0.392 e. The molecule has 1 unspecified atom stereocenters. The van der Waals surface area contributed by atoms with Gasteiger partial charge < -0.3 is 11.1 Å². The Kier molecular flexibility index (Phi) is 4.73. The average Bonchev–Trinajstić information content (AvgIpc) is 2.47. The third kappa shape index (κ3) is 3.58. The number of thiocarbonyl (C=S) groups is 1. The van der Waals surface area contributed by atoms with E-state index < -0.39 is 5.92 Å². The number of hydrogen-bond acceptors (Lipinski definition) is 4. The number of benzene rings is 1. The SMILES string of the molecule is NC(=S)C(C(=O)NCc1ccncn1)c1ccccc1. The number of nitrogens with zero attached hydrogens (tertiary/aromatic N) is 2. The summed E-state index contributed by atoms with van der Waals surface area (Å²) in [5.74, 6) is -0.865. The summed E-state index contributed by atoms with van der Waals surface area (Å²) in [7, 11) is 0. The van der Waals surface area contributed by atoms with Crippen molar-refractivity contribution in [1.82, 2.24) is 15.3 Å². The number of hydrogen-bond donors (Lipinski definition) is 2. The Bertz CT molecular complexity index is 589. The third-order valence-corrected chi connectivity index (χ3v) is 3.00. The number of amides is 1. The van der Waals surface area contributed by atoms with E-state index in [1.165, 1.54) is 6.33 Å². The van der Waals surface area contributed by atoms with Gasteiger partial charge in [0.1, 0.15) is 12.2 Å². The molecule has 2 rings (SSSR count). The molecule has 0 radical (unpaired) electrons. The van der Waals surface area contributed by atoms with Crippen LogP contribution >= 0.6 is 12.2 Å². The van der Waals surface area contributed by atoms with E-state index in [1.807, 2.05) is 30.3 Å². The zero-order valence-electron chi connectivity index (χ0n) is 10.7. The fourth-order valence-electron chi connectivity index (χ4n) is 1.79. The minimum atomic E-state index is -0.631. The highest BCUT2D eigenvalue weighted by Gasteiger charge is 2.23. The van der Waals surface area contributed by atoms with Crippen molar-refractivity contribution in [2.75, 3.05) is 0 Å². The molecule has 0 fully saturated rings. The molecular weight excluding hydrogens is 272 g/mol. The average molecular weight is 286 g/mol. The van der Waals surface area contributed by atoms with Gasteiger partial charge in [-0.3, -0.25) is 4.79 Å². The second kappa shape index (κ2) is 6.72. The van der Waals surface area contributed by atoms with E-state index in [2.05, 4.69) is 15.3 Å². The Hall–Kier alpha value is -2.34.